The number of piperazine rings is 1. The second-order valence-electron chi connectivity index (χ2n) is 4.09. The van der Waals surface area contributed by atoms with Crippen molar-refractivity contribution in [1.29, 1.82) is 0 Å². The number of carbonyl (C=O) groups is 3. The Kier molecular flexibility index (Phi) is 3.37. The summed E-state index contributed by atoms with van der Waals surface area (Å²) in [5.41, 5.74) is -2.07. The highest BCUT2D eigenvalue weighted by atomic mass is 16.4. The first kappa shape index (κ1) is 13.5. The molecule has 20 heavy (non-hydrogen) atoms. The number of carboxylic acids is 1. The van der Waals surface area contributed by atoms with Gasteiger partial charge in [0.05, 0.1) is 0 Å². The third-order valence-electron chi connectivity index (χ3n) is 2.72. The van der Waals surface area contributed by atoms with Crippen LogP contribution in [-0.2, 0) is 9.59 Å². The second-order valence-corrected chi connectivity index (χ2v) is 4.09. The molecular weight excluding hydrogens is 272 g/mol. The number of aromatic amines is 2. The minimum Gasteiger partial charge on any atom is -0.480 e. The number of carboxylic acid groups (broad SMARTS) is 1. The summed E-state index contributed by atoms with van der Waals surface area (Å²) >= 11 is 0. The average molecular weight is 282 g/mol. The minimum atomic E-state index is -1.30. The van der Waals surface area contributed by atoms with Crippen LogP contribution in [0.2, 0.25) is 0 Å². The van der Waals surface area contributed by atoms with Crippen LogP contribution in [0, 0.1) is 0 Å². The number of nitrogens with one attached hydrogen (secondary N) is 3. The molecular formula is C10H10N4O6. The highest BCUT2D eigenvalue weighted by molar-refractivity contribution is 5.98. The van der Waals surface area contributed by atoms with Crippen LogP contribution in [0.25, 0.3) is 0 Å². The number of rotatable bonds is 2. The summed E-state index contributed by atoms with van der Waals surface area (Å²) in [6, 6.07) is -0.433. The molecule has 4 N–H and O–H groups in total. The Labute approximate surface area is 110 Å². The molecule has 0 saturated carbocycles. The van der Waals surface area contributed by atoms with Gasteiger partial charge in [-0.15, -0.1) is 0 Å². The third kappa shape index (κ3) is 2.58. The summed E-state index contributed by atoms with van der Waals surface area (Å²) in [5, 5.41) is 11.3. The first-order valence-corrected chi connectivity index (χ1v) is 5.52. The van der Waals surface area contributed by atoms with E-state index in [4.69, 9.17) is 5.11 Å². The molecule has 106 valence electrons. The van der Waals surface area contributed by atoms with Crippen molar-refractivity contribution in [3.05, 3.63) is 32.6 Å². The third-order valence-corrected chi connectivity index (χ3v) is 2.72. The molecule has 2 rings (SSSR count). The van der Waals surface area contributed by atoms with E-state index in [0.717, 1.165) is 11.0 Å². The maximum absolute atomic E-state index is 12.1. The van der Waals surface area contributed by atoms with Crippen molar-refractivity contribution in [2.24, 2.45) is 0 Å². The van der Waals surface area contributed by atoms with Gasteiger partial charge in [-0.3, -0.25) is 19.4 Å². The molecule has 0 spiro atoms. The van der Waals surface area contributed by atoms with E-state index in [0.29, 0.717) is 0 Å². The Morgan fingerprint density at radius 3 is 2.55 bits per heavy atom. The number of carbonyl (C=O) groups excluding carboxylic acids is 2. The van der Waals surface area contributed by atoms with Crippen LogP contribution < -0.4 is 16.6 Å². The van der Waals surface area contributed by atoms with E-state index < -0.39 is 41.6 Å². The Morgan fingerprint density at radius 2 is 1.95 bits per heavy atom. The fourth-order valence-corrected chi connectivity index (χ4v) is 1.81. The van der Waals surface area contributed by atoms with Crippen molar-refractivity contribution in [2.75, 3.05) is 13.1 Å². The van der Waals surface area contributed by atoms with Gasteiger partial charge in [0.1, 0.15) is 18.3 Å². The quantitative estimate of drug-likeness (QED) is 0.456. The number of hydrogen-bond acceptors (Lipinski definition) is 5. The largest absolute Gasteiger partial charge is 0.480 e. The maximum atomic E-state index is 12.1. The van der Waals surface area contributed by atoms with Gasteiger partial charge in [-0.25, -0.2) is 9.59 Å². The van der Waals surface area contributed by atoms with Crippen molar-refractivity contribution < 1.29 is 19.5 Å². The first-order valence-electron chi connectivity index (χ1n) is 5.52. The molecule has 1 saturated heterocycles. The van der Waals surface area contributed by atoms with E-state index in [1.807, 2.05) is 4.98 Å². The van der Waals surface area contributed by atoms with E-state index in [1.165, 1.54) is 0 Å². The lowest BCUT2D eigenvalue weighted by Gasteiger charge is -2.32. The maximum Gasteiger partial charge on any atom is 0.328 e. The van der Waals surface area contributed by atoms with Crippen LogP contribution >= 0.6 is 0 Å². The zero-order chi connectivity index (χ0) is 14.9. The van der Waals surface area contributed by atoms with Crippen molar-refractivity contribution in [3.63, 3.8) is 0 Å². The predicted molar refractivity (Wildman–Crippen MR) is 63.2 cm³/mol. The lowest BCUT2D eigenvalue weighted by Crippen LogP contribution is -2.59. The number of aliphatic carboxylic acids is 1. The van der Waals surface area contributed by atoms with E-state index in [1.54, 1.807) is 0 Å². The van der Waals surface area contributed by atoms with Gasteiger partial charge in [-0.05, 0) is 0 Å². The SMILES string of the molecule is O=C1CN(C(=O)c2cc(=O)[nH]c(=O)[nH]2)C(C(=O)O)CN1. The van der Waals surface area contributed by atoms with Crippen molar-refractivity contribution in [2.45, 2.75) is 6.04 Å². The summed E-state index contributed by atoms with van der Waals surface area (Å²) in [7, 11) is 0. The van der Waals surface area contributed by atoms with Crippen LogP contribution in [0.3, 0.4) is 0 Å². The van der Waals surface area contributed by atoms with Gasteiger partial charge in [-0.2, -0.15) is 0 Å². The summed E-state index contributed by atoms with van der Waals surface area (Å²) in [5.74, 6) is -2.73. The summed E-state index contributed by atoms with van der Waals surface area (Å²) in [4.78, 5) is 61.4. The molecule has 1 aliphatic heterocycles. The van der Waals surface area contributed by atoms with Crippen LogP contribution in [0.15, 0.2) is 15.7 Å². The molecule has 1 unspecified atom stereocenters. The van der Waals surface area contributed by atoms with Crippen LogP contribution in [0.4, 0.5) is 0 Å². The van der Waals surface area contributed by atoms with Gasteiger partial charge in [0.25, 0.3) is 11.5 Å². The summed E-state index contributed by atoms with van der Waals surface area (Å²) < 4.78 is 0. The van der Waals surface area contributed by atoms with Crippen molar-refractivity contribution in [1.82, 2.24) is 20.2 Å². The number of aromatic nitrogens is 2. The molecule has 1 aromatic heterocycles. The van der Waals surface area contributed by atoms with Gasteiger partial charge in [0.15, 0.2) is 0 Å². The lowest BCUT2D eigenvalue weighted by molar-refractivity contribution is -0.144. The monoisotopic (exact) mass is 282 g/mol. The van der Waals surface area contributed by atoms with Crippen molar-refractivity contribution in [3.8, 4) is 0 Å². The van der Waals surface area contributed by atoms with E-state index in [9.17, 15) is 24.0 Å². The molecule has 0 radical (unpaired) electrons. The number of nitrogens with zero attached hydrogens (tertiary/aromatic N) is 1. The molecule has 2 amide bonds. The van der Waals surface area contributed by atoms with Gasteiger partial charge in [0.2, 0.25) is 5.91 Å². The summed E-state index contributed by atoms with van der Waals surface area (Å²) in [6.45, 7) is -0.710. The van der Waals surface area contributed by atoms with Gasteiger partial charge in [0, 0.05) is 12.6 Å². The van der Waals surface area contributed by atoms with E-state index in [2.05, 4.69) is 10.3 Å². The number of H-pyrrole nitrogens is 2. The Bertz CT molecular complexity index is 661. The lowest BCUT2D eigenvalue weighted by atomic mass is 10.1. The number of amides is 2. The molecule has 1 aliphatic rings. The fourth-order valence-electron chi connectivity index (χ4n) is 1.81. The first-order chi connectivity index (χ1) is 9.38. The minimum absolute atomic E-state index is 0.243. The average Bonchev–Trinajstić information content (AvgIpc) is 2.36. The Morgan fingerprint density at radius 1 is 1.25 bits per heavy atom. The molecule has 0 aliphatic carbocycles. The predicted octanol–water partition coefficient (Wildman–Crippen LogP) is -2.91. The Balaban J connectivity index is 2.38. The van der Waals surface area contributed by atoms with Crippen LogP contribution in [0.5, 0.6) is 0 Å². The van der Waals surface area contributed by atoms with E-state index >= 15 is 0 Å². The van der Waals surface area contributed by atoms with E-state index in [-0.39, 0.29) is 12.2 Å². The molecule has 1 atom stereocenters. The Hall–Kier alpha value is -2.91. The van der Waals surface area contributed by atoms with Gasteiger partial charge >= 0.3 is 11.7 Å². The molecule has 0 bridgehead atoms. The van der Waals surface area contributed by atoms with Crippen LogP contribution in [-0.4, -0.2) is 56.9 Å². The smallest absolute Gasteiger partial charge is 0.328 e. The molecule has 10 nitrogen and oxygen atoms in total. The zero-order valence-corrected chi connectivity index (χ0v) is 10.0. The van der Waals surface area contributed by atoms with Gasteiger partial charge in [-0.1, -0.05) is 0 Å². The van der Waals surface area contributed by atoms with Crippen LogP contribution in [0.1, 0.15) is 10.5 Å². The molecule has 1 fully saturated rings. The standard InChI is InChI=1S/C10H10N4O6/c15-6-1-4(12-10(20)13-6)8(17)14-3-7(16)11-2-5(14)9(18)19/h1,5H,2-3H2,(H,11,16)(H,18,19)(H2,12,13,15,20). The zero-order valence-electron chi connectivity index (χ0n) is 10.0. The number of hydrogen-bond donors (Lipinski definition) is 4. The summed E-state index contributed by atoms with van der Waals surface area (Å²) in [6.07, 6.45) is 0. The normalized spacial score (nSPS) is 18.5. The molecule has 0 aromatic carbocycles. The molecule has 1 aromatic rings. The van der Waals surface area contributed by atoms with Crippen molar-refractivity contribution >= 4 is 17.8 Å². The second kappa shape index (κ2) is 4.99. The highest BCUT2D eigenvalue weighted by Gasteiger charge is 2.36. The molecule has 10 heteroatoms. The highest BCUT2D eigenvalue weighted by Crippen LogP contribution is 2.08. The fraction of sp³-hybridized carbons (Fsp3) is 0.300. The van der Waals surface area contributed by atoms with Gasteiger partial charge < -0.3 is 20.3 Å². The molecule has 2 heterocycles. The topological polar surface area (TPSA) is 152 Å².